The quantitative estimate of drug-likeness (QED) is 0.309. The van der Waals surface area contributed by atoms with Gasteiger partial charge in [0.2, 0.25) is 0 Å². The van der Waals surface area contributed by atoms with Gasteiger partial charge in [0.05, 0.1) is 14.2 Å². The number of guanidine groups is 1. The lowest BCUT2D eigenvalue weighted by atomic mass is 10.1. The Bertz CT molecular complexity index is 837. The second-order valence-electron chi connectivity index (χ2n) is 6.29. The fraction of sp³-hybridized carbons (Fsp3) is 0.364. The third-order valence-electron chi connectivity index (χ3n) is 4.58. The van der Waals surface area contributed by atoms with E-state index in [1.54, 1.807) is 21.3 Å². The molecule has 2 N–H and O–H groups in total. The van der Waals surface area contributed by atoms with Crippen LogP contribution in [0.4, 0.5) is 5.69 Å². The molecule has 2 rings (SSSR count). The molecule has 0 aliphatic rings. The fourth-order valence-electron chi connectivity index (χ4n) is 2.87. The Hall–Kier alpha value is -2.49. The number of aliphatic imine (C=N–C) groups is 1. The van der Waals surface area contributed by atoms with Crippen molar-refractivity contribution in [2.75, 3.05) is 39.7 Å². The smallest absolute Gasteiger partial charge is 0.253 e. The van der Waals surface area contributed by atoms with E-state index >= 15 is 0 Å². The summed E-state index contributed by atoms with van der Waals surface area (Å²) < 4.78 is 10.6. The van der Waals surface area contributed by atoms with Crippen molar-refractivity contribution >= 4 is 41.5 Å². The number of halogens is 1. The van der Waals surface area contributed by atoms with Crippen LogP contribution in [-0.2, 0) is 6.54 Å². The first kappa shape index (κ1) is 25.5. The fourth-order valence-corrected chi connectivity index (χ4v) is 2.87. The number of anilines is 1. The highest BCUT2D eigenvalue weighted by molar-refractivity contribution is 14.0. The predicted octanol–water partition coefficient (Wildman–Crippen LogP) is 3.99. The zero-order chi connectivity index (χ0) is 21.2. The SMILES string of the molecule is CCN(CC)C(=O)c1ccc(CNC(=NC)Nc2ccc(OC)c(OC)c2)cc1.I. The standard InChI is InChI=1S/C22H30N4O3.HI/c1-6-26(7-2)21(27)17-10-8-16(9-11-17)15-24-22(23-3)25-18-12-13-19(28-4)20(14-18)29-5;/h8-14H,6-7,15H2,1-5H3,(H2,23,24,25);1H. The number of methoxy groups -OCH3 is 2. The summed E-state index contributed by atoms with van der Waals surface area (Å²) in [6.07, 6.45) is 0. The van der Waals surface area contributed by atoms with Crippen molar-refractivity contribution in [3.63, 3.8) is 0 Å². The van der Waals surface area contributed by atoms with E-state index in [9.17, 15) is 4.79 Å². The summed E-state index contributed by atoms with van der Waals surface area (Å²) in [4.78, 5) is 18.5. The summed E-state index contributed by atoms with van der Waals surface area (Å²) >= 11 is 0. The van der Waals surface area contributed by atoms with Crippen LogP contribution in [-0.4, -0.2) is 51.1 Å². The Morgan fingerprint density at radius 3 is 2.17 bits per heavy atom. The molecule has 1 amide bonds. The van der Waals surface area contributed by atoms with Crippen LogP contribution in [0.3, 0.4) is 0 Å². The van der Waals surface area contributed by atoms with Crippen LogP contribution in [0.1, 0.15) is 29.8 Å². The van der Waals surface area contributed by atoms with Crippen molar-refractivity contribution in [2.24, 2.45) is 4.99 Å². The van der Waals surface area contributed by atoms with E-state index in [1.165, 1.54) is 0 Å². The van der Waals surface area contributed by atoms with Gasteiger partial charge >= 0.3 is 0 Å². The number of benzene rings is 2. The molecule has 0 fully saturated rings. The van der Waals surface area contributed by atoms with E-state index in [4.69, 9.17) is 9.47 Å². The van der Waals surface area contributed by atoms with Gasteiger partial charge in [0.15, 0.2) is 17.5 Å². The first-order valence-corrected chi connectivity index (χ1v) is 9.64. The molecule has 0 radical (unpaired) electrons. The molecule has 30 heavy (non-hydrogen) atoms. The highest BCUT2D eigenvalue weighted by Crippen LogP contribution is 2.29. The molecule has 0 spiro atoms. The van der Waals surface area contributed by atoms with Crippen LogP contribution in [0.15, 0.2) is 47.5 Å². The minimum absolute atomic E-state index is 0. The molecule has 0 aliphatic carbocycles. The van der Waals surface area contributed by atoms with E-state index in [0.717, 1.165) is 11.3 Å². The first-order valence-electron chi connectivity index (χ1n) is 9.64. The minimum atomic E-state index is 0. The van der Waals surface area contributed by atoms with Gasteiger partial charge in [-0.3, -0.25) is 9.79 Å². The van der Waals surface area contributed by atoms with Crippen molar-refractivity contribution < 1.29 is 14.3 Å². The Labute approximate surface area is 195 Å². The highest BCUT2D eigenvalue weighted by atomic mass is 127. The van der Waals surface area contributed by atoms with E-state index in [1.807, 2.05) is 61.2 Å². The second-order valence-corrected chi connectivity index (χ2v) is 6.29. The zero-order valence-electron chi connectivity index (χ0n) is 18.2. The minimum Gasteiger partial charge on any atom is -0.493 e. The van der Waals surface area contributed by atoms with Crippen LogP contribution < -0.4 is 20.1 Å². The lowest BCUT2D eigenvalue weighted by Crippen LogP contribution is -2.31. The van der Waals surface area contributed by atoms with Crippen LogP contribution >= 0.6 is 24.0 Å². The average molecular weight is 526 g/mol. The number of carbonyl (C=O) groups is 1. The lowest BCUT2D eigenvalue weighted by molar-refractivity contribution is 0.0773. The molecular formula is C22H31IN4O3. The number of ether oxygens (including phenoxy) is 2. The number of rotatable bonds is 8. The molecule has 8 heteroatoms. The Kier molecular flexibility index (Phi) is 11.0. The van der Waals surface area contributed by atoms with Gasteiger partial charge in [-0.05, 0) is 43.7 Å². The topological polar surface area (TPSA) is 75.2 Å². The third kappa shape index (κ3) is 6.79. The molecule has 2 aromatic carbocycles. The van der Waals surface area contributed by atoms with Crippen LogP contribution in [0.5, 0.6) is 11.5 Å². The predicted molar refractivity (Wildman–Crippen MR) is 132 cm³/mol. The maximum atomic E-state index is 12.4. The molecule has 0 saturated carbocycles. The van der Waals surface area contributed by atoms with Crippen molar-refractivity contribution in [3.05, 3.63) is 53.6 Å². The molecule has 7 nitrogen and oxygen atoms in total. The summed E-state index contributed by atoms with van der Waals surface area (Å²) in [6.45, 7) is 5.95. The molecule has 0 aliphatic heterocycles. The van der Waals surface area contributed by atoms with Crippen LogP contribution in [0.2, 0.25) is 0 Å². The van der Waals surface area contributed by atoms with Crippen LogP contribution in [0, 0.1) is 0 Å². The van der Waals surface area contributed by atoms with E-state index in [-0.39, 0.29) is 29.9 Å². The monoisotopic (exact) mass is 526 g/mol. The maximum absolute atomic E-state index is 12.4. The van der Waals surface area contributed by atoms with Gasteiger partial charge in [-0.15, -0.1) is 24.0 Å². The summed E-state index contributed by atoms with van der Waals surface area (Å²) in [5.41, 5.74) is 2.58. The van der Waals surface area contributed by atoms with Gasteiger partial charge in [0.25, 0.3) is 5.91 Å². The number of nitrogens with one attached hydrogen (secondary N) is 2. The van der Waals surface area contributed by atoms with E-state index < -0.39 is 0 Å². The Balaban J connectivity index is 0.00000450. The molecule has 164 valence electrons. The lowest BCUT2D eigenvalue weighted by Gasteiger charge is -2.18. The highest BCUT2D eigenvalue weighted by Gasteiger charge is 2.12. The molecule has 0 atom stereocenters. The van der Waals surface area contributed by atoms with Gasteiger partial charge in [0.1, 0.15) is 0 Å². The number of nitrogens with zero attached hydrogens (tertiary/aromatic N) is 2. The zero-order valence-corrected chi connectivity index (χ0v) is 20.5. The normalized spacial score (nSPS) is 10.6. The van der Waals surface area contributed by atoms with Gasteiger partial charge in [-0.2, -0.15) is 0 Å². The molecule has 0 heterocycles. The van der Waals surface area contributed by atoms with Crippen LogP contribution in [0.25, 0.3) is 0 Å². The summed E-state index contributed by atoms with van der Waals surface area (Å²) in [7, 11) is 4.91. The average Bonchev–Trinajstić information content (AvgIpc) is 2.77. The van der Waals surface area contributed by atoms with Crippen molar-refractivity contribution in [2.45, 2.75) is 20.4 Å². The first-order chi connectivity index (χ1) is 14.1. The molecule has 2 aromatic rings. The van der Waals surface area contributed by atoms with Gasteiger partial charge in [0, 0.05) is 44.0 Å². The summed E-state index contributed by atoms with van der Waals surface area (Å²) in [5.74, 6) is 1.99. The number of amides is 1. The summed E-state index contributed by atoms with van der Waals surface area (Å²) in [6, 6.07) is 13.2. The van der Waals surface area contributed by atoms with Gasteiger partial charge in [-0.25, -0.2) is 0 Å². The van der Waals surface area contributed by atoms with E-state index in [2.05, 4.69) is 15.6 Å². The molecule has 0 saturated heterocycles. The Morgan fingerprint density at radius 2 is 1.63 bits per heavy atom. The van der Waals surface area contributed by atoms with Crippen molar-refractivity contribution in [1.82, 2.24) is 10.2 Å². The number of hydrogen-bond donors (Lipinski definition) is 2. The number of carbonyl (C=O) groups excluding carboxylic acids is 1. The largest absolute Gasteiger partial charge is 0.493 e. The molecule has 0 unspecified atom stereocenters. The van der Waals surface area contributed by atoms with E-state index in [0.29, 0.717) is 42.7 Å². The third-order valence-corrected chi connectivity index (χ3v) is 4.58. The number of hydrogen-bond acceptors (Lipinski definition) is 4. The second kappa shape index (κ2) is 12.9. The van der Waals surface area contributed by atoms with Crippen molar-refractivity contribution in [1.29, 1.82) is 0 Å². The van der Waals surface area contributed by atoms with Crippen molar-refractivity contribution in [3.8, 4) is 11.5 Å². The summed E-state index contributed by atoms with van der Waals surface area (Å²) in [5, 5.41) is 6.49. The Morgan fingerprint density at radius 1 is 1.00 bits per heavy atom. The van der Waals surface area contributed by atoms with Gasteiger partial charge in [-0.1, -0.05) is 12.1 Å². The maximum Gasteiger partial charge on any atom is 0.253 e. The molecule has 0 aromatic heterocycles. The molecular weight excluding hydrogens is 495 g/mol. The molecule has 0 bridgehead atoms. The van der Waals surface area contributed by atoms with Gasteiger partial charge < -0.3 is 25.0 Å².